The SMILES string of the molecule is CCCCc1ccc(N2c3cc(C)cc4c3B(c3ccc(N(c5ccccc5)c5ccccc5)cc3N4c3ccc(CCCC)cc3-c3ccc(C)cc3)c3sc4cc(CC)ccc4c32)cc1. The third-order valence-electron chi connectivity index (χ3n) is 14.0. The van der Waals surface area contributed by atoms with E-state index < -0.39 is 0 Å². The molecule has 3 nitrogen and oxygen atoms in total. The summed E-state index contributed by atoms with van der Waals surface area (Å²) in [7, 11) is 0. The van der Waals surface area contributed by atoms with Crippen molar-refractivity contribution < 1.29 is 0 Å². The molecular weight excluding hydrogens is 830 g/mol. The zero-order valence-corrected chi connectivity index (χ0v) is 40.3. The number of rotatable bonds is 13. The molecule has 2 aliphatic heterocycles. The lowest BCUT2D eigenvalue weighted by atomic mass is 9.36. The van der Waals surface area contributed by atoms with Crippen LogP contribution in [0.25, 0.3) is 21.2 Å². The molecule has 8 aromatic carbocycles. The van der Waals surface area contributed by atoms with Gasteiger partial charge in [0.05, 0.1) is 11.4 Å². The molecule has 2 aliphatic rings. The standard InChI is InChI=1S/C62H58BN3S/c1-6-9-17-45-25-31-50(32-26-45)65-57-37-43(5)38-58-60(57)63(62-61(65)52-34-27-44(8-3)40-59(52)67-62)54-35-33-51(64(48-19-13-11-14-20-48)49-21-15-12-16-22-49)41-56(54)66(58)55-36-28-46(18-10-7-2)39-53(55)47-29-23-42(4)24-30-47/h11-16,19-41H,6-10,17-18H2,1-5H3. The number of para-hydroxylation sites is 2. The zero-order valence-electron chi connectivity index (χ0n) is 39.5. The third-order valence-corrected chi connectivity index (χ3v) is 15.3. The van der Waals surface area contributed by atoms with Crippen molar-refractivity contribution in [3.8, 4) is 11.1 Å². The predicted octanol–water partition coefficient (Wildman–Crippen LogP) is 16.0. The maximum Gasteiger partial charge on any atom is 0.264 e. The maximum absolute atomic E-state index is 2.63. The van der Waals surface area contributed by atoms with Gasteiger partial charge in [0.2, 0.25) is 0 Å². The highest BCUT2D eigenvalue weighted by atomic mass is 32.1. The Labute approximate surface area is 402 Å². The van der Waals surface area contributed by atoms with Crippen LogP contribution in [0.1, 0.15) is 74.3 Å². The van der Waals surface area contributed by atoms with Crippen LogP contribution in [-0.2, 0) is 19.3 Å². The second-order valence-electron chi connectivity index (χ2n) is 18.7. The minimum Gasteiger partial charge on any atom is -0.311 e. The summed E-state index contributed by atoms with van der Waals surface area (Å²) in [6.07, 6.45) is 7.89. The van der Waals surface area contributed by atoms with E-state index in [1.807, 2.05) is 11.3 Å². The van der Waals surface area contributed by atoms with Gasteiger partial charge in [-0.25, -0.2) is 0 Å². The van der Waals surface area contributed by atoms with E-state index in [1.54, 1.807) is 0 Å². The molecule has 3 heterocycles. The summed E-state index contributed by atoms with van der Waals surface area (Å²) in [6, 6.07) is 67.1. The van der Waals surface area contributed by atoms with Crippen molar-refractivity contribution in [2.24, 2.45) is 0 Å². The number of aryl methyl sites for hydroxylation is 5. The molecule has 0 bridgehead atoms. The van der Waals surface area contributed by atoms with Gasteiger partial charge in [-0.05, 0) is 164 Å². The fourth-order valence-corrected chi connectivity index (χ4v) is 12.0. The van der Waals surface area contributed by atoms with Gasteiger partial charge in [-0.3, -0.25) is 0 Å². The summed E-state index contributed by atoms with van der Waals surface area (Å²) < 4.78 is 2.76. The highest BCUT2D eigenvalue weighted by Crippen LogP contribution is 2.51. The van der Waals surface area contributed by atoms with Crippen LogP contribution >= 0.6 is 11.3 Å². The van der Waals surface area contributed by atoms with E-state index in [9.17, 15) is 0 Å². The molecule has 0 aliphatic carbocycles. The van der Waals surface area contributed by atoms with Gasteiger partial charge in [-0.1, -0.05) is 136 Å². The van der Waals surface area contributed by atoms with Crippen LogP contribution in [0.2, 0.25) is 0 Å². The molecule has 0 saturated heterocycles. The van der Waals surface area contributed by atoms with Crippen molar-refractivity contribution >= 4 is 95.0 Å². The molecule has 0 atom stereocenters. The maximum atomic E-state index is 2.63. The Hall–Kier alpha value is -6.82. The zero-order chi connectivity index (χ0) is 45.6. The van der Waals surface area contributed by atoms with Crippen LogP contribution in [-0.4, -0.2) is 6.71 Å². The molecule has 0 spiro atoms. The van der Waals surface area contributed by atoms with Gasteiger partial charge in [0, 0.05) is 60.2 Å². The van der Waals surface area contributed by atoms with E-state index in [0.717, 1.165) is 49.2 Å². The first-order chi connectivity index (χ1) is 32.9. The Balaban J connectivity index is 1.22. The largest absolute Gasteiger partial charge is 0.311 e. The summed E-state index contributed by atoms with van der Waals surface area (Å²) in [5, 5.41) is 1.32. The Bertz CT molecular complexity index is 3190. The lowest BCUT2D eigenvalue weighted by Gasteiger charge is -2.44. The lowest BCUT2D eigenvalue weighted by molar-refractivity contribution is 0.795. The minimum absolute atomic E-state index is 0.0250. The number of fused-ring (bicyclic) bond motifs is 6. The molecule has 67 heavy (non-hydrogen) atoms. The molecule has 0 saturated carbocycles. The topological polar surface area (TPSA) is 9.72 Å². The second kappa shape index (κ2) is 18.1. The highest BCUT2D eigenvalue weighted by molar-refractivity contribution is 7.33. The Kier molecular flexibility index (Phi) is 11.6. The molecule has 5 heteroatoms. The van der Waals surface area contributed by atoms with Crippen molar-refractivity contribution in [3.63, 3.8) is 0 Å². The molecule has 0 radical (unpaired) electrons. The van der Waals surface area contributed by atoms with E-state index in [1.165, 1.54) is 112 Å². The van der Waals surface area contributed by atoms with Gasteiger partial charge >= 0.3 is 0 Å². The molecule has 0 unspecified atom stereocenters. The predicted molar refractivity (Wildman–Crippen MR) is 292 cm³/mol. The molecular formula is C62H58BN3S. The smallest absolute Gasteiger partial charge is 0.264 e. The molecule has 9 aromatic rings. The van der Waals surface area contributed by atoms with Crippen LogP contribution in [0.5, 0.6) is 0 Å². The van der Waals surface area contributed by atoms with Gasteiger partial charge in [0.25, 0.3) is 6.71 Å². The van der Waals surface area contributed by atoms with Crippen molar-refractivity contribution in [1.82, 2.24) is 0 Å². The Morgan fingerprint density at radius 1 is 0.507 bits per heavy atom. The molecule has 1 aromatic heterocycles. The normalized spacial score (nSPS) is 12.6. The second-order valence-corrected chi connectivity index (χ2v) is 19.7. The molecule has 11 rings (SSSR count). The lowest BCUT2D eigenvalue weighted by Crippen LogP contribution is -2.60. The Morgan fingerprint density at radius 2 is 1.15 bits per heavy atom. The molecule has 330 valence electrons. The number of benzene rings is 8. The quantitative estimate of drug-likeness (QED) is 0.107. The number of hydrogen-bond acceptors (Lipinski definition) is 4. The summed E-state index contributed by atoms with van der Waals surface area (Å²) in [5.74, 6) is 0. The van der Waals surface area contributed by atoms with Gasteiger partial charge in [0.15, 0.2) is 0 Å². The van der Waals surface area contributed by atoms with E-state index in [4.69, 9.17) is 0 Å². The summed E-state index contributed by atoms with van der Waals surface area (Å²) in [5.41, 5.74) is 22.7. The fraction of sp³-hybridized carbons (Fsp3) is 0.194. The van der Waals surface area contributed by atoms with E-state index in [2.05, 4.69) is 225 Å². The third kappa shape index (κ3) is 7.73. The Morgan fingerprint density at radius 3 is 1.82 bits per heavy atom. The molecule has 0 N–H and O–H groups in total. The fourth-order valence-electron chi connectivity index (χ4n) is 10.6. The van der Waals surface area contributed by atoms with Crippen LogP contribution in [0, 0.1) is 13.8 Å². The number of nitrogens with zero attached hydrogens (tertiary/aromatic N) is 3. The number of unbranched alkanes of at least 4 members (excludes halogenated alkanes) is 2. The van der Waals surface area contributed by atoms with E-state index in [-0.39, 0.29) is 6.71 Å². The van der Waals surface area contributed by atoms with Crippen LogP contribution < -0.4 is 30.4 Å². The van der Waals surface area contributed by atoms with E-state index >= 15 is 0 Å². The highest BCUT2D eigenvalue weighted by Gasteiger charge is 2.46. The summed E-state index contributed by atoms with van der Waals surface area (Å²) >= 11 is 1.99. The summed E-state index contributed by atoms with van der Waals surface area (Å²) in [6.45, 7) is 11.3. The van der Waals surface area contributed by atoms with Crippen LogP contribution in [0.3, 0.4) is 0 Å². The van der Waals surface area contributed by atoms with Gasteiger partial charge in [-0.15, -0.1) is 11.3 Å². The van der Waals surface area contributed by atoms with Crippen molar-refractivity contribution in [2.45, 2.75) is 79.6 Å². The average molecular weight is 888 g/mol. The van der Waals surface area contributed by atoms with Crippen molar-refractivity contribution in [1.29, 1.82) is 0 Å². The first-order valence-electron chi connectivity index (χ1n) is 24.6. The first kappa shape index (κ1) is 42.8. The molecule has 0 fully saturated rings. The van der Waals surface area contributed by atoms with Crippen LogP contribution in [0.4, 0.5) is 51.2 Å². The first-order valence-corrected chi connectivity index (χ1v) is 25.4. The van der Waals surface area contributed by atoms with Gasteiger partial charge < -0.3 is 14.7 Å². The van der Waals surface area contributed by atoms with Gasteiger partial charge in [-0.2, -0.15) is 0 Å². The number of thiophene rings is 1. The van der Waals surface area contributed by atoms with E-state index in [0.29, 0.717) is 0 Å². The monoisotopic (exact) mass is 887 g/mol. The number of anilines is 9. The number of hydrogen-bond donors (Lipinski definition) is 0. The van der Waals surface area contributed by atoms with Gasteiger partial charge in [0.1, 0.15) is 0 Å². The summed E-state index contributed by atoms with van der Waals surface area (Å²) in [4.78, 5) is 7.66. The van der Waals surface area contributed by atoms with Crippen molar-refractivity contribution in [3.05, 3.63) is 204 Å². The average Bonchev–Trinajstić information content (AvgIpc) is 3.74. The molecule has 0 amide bonds. The van der Waals surface area contributed by atoms with Crippen molar-refractivity contribution in [2.75, 3.05) is 14.7 Å². The minimum atomic E-state index is 0.0250. The van der Waals surface area contributed by atoms with Crippen LogP contribution in [0.15, 0.2) is 176 Å².